The number of halogens is 1. The molecule has 0 aromatic heterocycles. The van der Waals surface area contributed by atoms with Crippen LogP contribution in [0.2, 0.25) is 0 Å². The Kier molecular flexibility index (Phi) is 4.50. The Morgan fingerprint density at radius 2 is 2.00 bits per heavy atom. The van der Waals surface area contributed by atoms with Crippen LogP contribution < -0.4 is 10.0 Å². The summed E-state index contributed by atoms with van der Waals surface area (Å²) in [5.74, 6) is 0. The molecule has 6 heteroatoms. The highest BCUT2D eigenvalue weighted by molar-refractivity contribution is 7.90. The highest BCUT2D eigenvalue weighted by Crippen LogP contribution is 2.28. The molecule has 1 aromatic carbocycles. The molecule has 1 atom stereocenters. The molecule has 106 valence electrons. The van der Waals surface area contributed by atoms with Gasteiger partial charge in [0.2, 0.25) is 10.0 Å². The molecule has 1 fully saturated rings. The van der Waals surface area contributed by atoms with Gasteiger partial charge in [-0.25, -0.2) is 13.1 Å². The van der Waals surface area contributed by atoms with E-state index in [1.807, 2.05) is 12.1 Å². The van der Waals surface area contributed by atoms with Gasteiger partial charge < -0.3 is 5.32 Å². The van der Waals surface area contributed by atoms with Crippen molar-refractivity contribution >= 4 is 22.4 Å². The summed E-state index contributed by atoms with van der Waals surface area (Å²) in [7, 11) is -3.08. The van der Waals surface area contributed by atoms with Crippen molar-refractivity contribution in [2.75, 3.05) is 13.1 Å². The first-order valence-electron chi connectivity index (χ1n) is 6.46. The molecule has 1 aromatic rings. The lowest BCUT2D eigenvalue weighted by Crippen LogP contribution is -2.39. The summed E-state index contributed by atoms with van der Waals surface area (Å²) >= 11 is 0. The van der Waals surface area contributed by atoms with Crippen LogP contribution in [0.1, 0.15) is 30.0 Å². The summed E-state index contributed by atoms with van der Waals surface area (Å²) in [6.45, 7) is 1.36. The topological polar surface area (TPSA) is 58.2 Å². The fourth-order valence-corrected chi connectivity index (χ4v) is 3.86. The number of hydrogen-bond donors (Lipinski definition) is 2. The van der Waals surface area contributed by atoms with Crippen LogP contribution in [0.25, 0.3) is 0 Å². The summed E-state index contributed by atoms with van der Waals surface area (Å²) in [6, 6.07) is 8.35. The second kappa shape index (κ2) is 5.79. The molecule has 0 radical (unpaired) electrons. The predicted molar refractivity (Wildman–Crippen MR) is 78.1 cm³/mol. The third kappa shape index (κ3) is 3.28. The van der Waals surface area contributed by atoms with Crippen LogP contribution in [0.15, 0.2) is 24.3 Å². The monoisotopic (exact) mass is 302 g/mol. The van der Waals surface area contributed by atoms with Crippen LogP contribution in [0.5, 0.6) is 0 Å². The van der Waals surface area contributed by atoms with Gasteiger partial charge in [-0.1, -0.05) is 24.3 Å². The summed E-state index contributed by atoms with van der Waals surface area (Å²) < 4.78 is 26.4. The average Bonchev–Trinajstić information content (AvgIpc) is 3.21. The lowest BCUT2D eigenvalue weighted by Gasteiger charge is -2.27. The van der Waals surface area contributed by atoms with Gasteiger partial charge in [0.25, 0.3) is 0 Å². The van der Waals surface area contributed by atoms with E-state index >= 15 is 0 Å². The van der Waals surface area contributed by atoms with Crippen LogP contribution in [0, 0.1) is 0 Å². The number of nitrogens with one attached hydrogen (secondary N) is 2. The molecule has 0 amide bonds. The van der Waals surface area contributed by atoms with E-state index in [2.05, 4.69) is 22.2 Å². The smallest absolute Gasteiger partial charge is 0.214 e. The highest BCUT2D eigenvalue weighted by atomic mass is 35.5. The number of fused-ring (bicyclic) bond motifs is 1. The van der Waals surface area contributed by atoms with Crippen molar-refractivity contribution in [3.05, 3.63) is 35.4 Å². The molecule has 2 N–H and O–H groups in total. The van der Waals surface area contributed by atoms with Gasteiger partial charge in [0.05, 0.1) is 5.25 Å². The lowest BCUT2D eigenvalue weighted by molar-refractivity contribution is 0.491. The van der Waals surface area contributed by atoms with E-state index in [0.29, 0.717) is 6.54 Å². The fourth-order valence-electron chi connectivity index (χ4n) is 2.47. The third-order valence-corrected chi connectivity index (χ3v) is 5.59. The zero-order valence-corrected chi connectivity index (χ0v) is 12.3. The summed E-state index contributed by atoms with van der Waals surface area (Å²) in [4.78, 5) is 0. The van der Waals surface area contributed by atoms with Gasteiger partial charge in [0.15, 0.2) is 0 Å². The minimum atomic E-state index is -3.08. The first-order chi connectivity index (χ1) is 8.67. The maximum absolute atomic E-state index is 11.8. The van der Waals surface area contributed by atoms with Gasteiger partial charge in [0.1, 0.15) is 0 Å². The number of hydrogen-bond acceptors (Lipinski definition) is 3. The second-order valence-electron chi connectivity index (χ2n) is 5.05. The first-order valence-corrected chi connectivity index (χ1v) is 8.01. The molecule has 0 bridgehead atoms. The van der Waals surface area contributed by atoms with E-state index in [0.717, 1.165) is 25.8 Å². The van der Waals surface area contributed by atoms with E-state index in [-0.39, 0.29) is 23.7 Å². The van der Waals surface area contributed by atoms with Crippen molar-refractivity contribution in [1.82, 2.24) is 10.0 Å². The van der Waals surface area contributed by atoms with Gasteiger partial charge in [0, 0.05) is 12.6 Å². The molecule has 1 saturated carbocycles. The van der Waals surface area contributed by atoms with Crippen molar-refractivity contribution in [2.45, 2.75) is 30.6 Å². The SMILES string of the molecule is Cl.O=S(=O)(NCC1NCCc2ccccc21)C1CC1. The fraction of sp³-hybridized carbons (Fsp3) is 0.538. The van der Waals surface area contributed by atoms with Gasteiger partial charge in [-0.05, 0) is 36.9 Å². The largest absolute Gasteiger partial charge is 0.308 e. The molecule has 1 heterocycles. The van der Waals surface area contributed by atoms with Crippen molar-refractivity contribution in [3.8, 4) is 0 Å². The Morgan fingerprint density at radius 3 is 2.74 bits per heavy atom. The Bertz CT molecular complexity index is 543. The number of sulfonamides is 1. The van der Waals surface area contributed by atoms with Gasteiger partial charge in [-0.3, -0.25) is 0 Å². The molecule has 3 rings (SSSR count). The van der Waals surface area contributed by atoms with Gasteiger partial charge in [-0.15, -0.1) is 12.4 Å². The normalized spacial score (nSPS) is 22.4. The molecule has 1 unspecified atom stereocenters. The van der Waals surface area contributed by atoms with Crippen molar-refractivity contribution in [1.29, 1.82) is 0 Å². The quantitative estimate of drug-likeness (QED) is 0.883. The maximum Gasteiger partial charge on any atom is 0.214 e. The molecule has 1 aliphatic carbocycles. The average molecular weight is 303 g/mol. The summed E-state index contributed by atoms with van der Waals surface area (Å²) in [6.07, 6.45) is 2.63. The highest BCUT2D eigenvalue weighted by Gasteiger charge is 2.36. The van der Waals surface area contributed by atoms with E-state index in [1.54, 1.807) is 0 Å². The Balaban J connectivity index is 0.00000133. The van der Waals surface area contributed by atoms with Gasteiger partial charge >= 0.3 is 0 Å². The number of benzene rings is 1. The molecule has 19 heavy (non-hydrogen) atoms. The molecule has 4 nitrogen and oxygen atoms in total. The molecule has 0 spiro atoms. The van der Waals surface area contributed by atoms with Crippen molar-refractivity contribution in [3.63, 3.8) is 0 Å². The Labute approximate surface area is 120 Å². The van der Waals surface area contributed by atoms with Crippen LogP contribution in [-0.4, -0.2) is 26.8 Å². The molecular formula is C13H19ClN2O2S. The Morgan fingerprint density at radius 1 is 1.26 bits per heavy atom. The number of rotatable bonds is 4. The van der Waals surface area contributed by atoms with Crippen molar-refractivity contribution < 1.29 is 8.42 Å². The van der Waals surface area contributed by atoms with Crippen LogP contribution in [-0.2, 0) is 16.4 Å². The molecular weight excluding hydrogens is 284 g/mol. The van der Waals surface area contributed by atoms with E-state index < -0.39 is 10.0 Å². The van der Waals surface area contributed by atoms with Crippen LogP contribution in [0.4, 0.5) is 0 Å². The van der Waals surface area contributed by atoms with E-state index in [4.69, 9.17) is 0 Å². The summed E-state index contributed by atoms with van der Waals surface area (Å²) in [5.41, 5.74) is 2.55. The molecule has 1 aliphatic heterocycles. The van der Waals surface area contributed by atoms with Gasteiger partial charge in [-0.2, -0.15) is 0 Å². The molecule has 2 aliphatic rings. The maximum atomic E-state index is 11.8. The third-order valence-electron chi connectivity index (χ3n) is 3.67. The minimum absolute atomic E-state index is 0. The van der Waals surface area contributed by atoms with E-state index in [1.165, 1.54) is 11.1 Å². The zero-order valence-electron chi connectivity index (χ0n) is 10.6. The zero-order chi connectivity index (χ0) is 12.6. The first kappa shape index (κ1) is 14.8. The van der Waals surface area contributed by atoms with Crippen LogP contribution >= 0.6 is 12.4 Å². The lowest BCUT2D eigenvalue weighted by atomic mass is 9.95. The predicted octanol–water partition coefficient (Wildman–Crippen LogP) is 1.38. The standard InChI is InChI=1S/C13H18N2O2S.ClH/c16-18(17,11-5-6-11)15-9-13-12-4-2-1-3-10(12)7-8-14-13;/h1-4,11,13-15H,5-9H2;1H. The molecule has 0 saturated heterocycles. The second-order valence-corrected chi connectivity index (χ2v) is 7.09. The van der Waals surface area contributed by atoms with E-state index in [9.17, 15) is 8.42 Å². The van der Waals surface area contributed by atoms with Crippen LogP contribution in [0.3, 0.4) is 0 Å². The van der Waals surface area contributed by atoms with Crippen molar-refractivity contribution in [2.24, 2.45) is 0 Å². The summed E-state index contributed by atoms with van der Waals surface area (Å²) in [5, 5.41) is 3.24. The Hall–Kier alpha value is -0.620. The minimum Gasteiger partial charge on any atom is -0.308 e.